The molecule has 2 N–H and O–H groups in total. The molecular weight excluding hydrogens is 288 g/mol. The van der Waals surface area contributed by atoms with Gasteiger partial charge < -0.3 is 10.6 Å². The first-order valence-corrected chi connectivity index (χ1v) is 8.97. The molecule has 1 aliphatic rings. The zero-order chi connectivity index (χ0) is 17.6. The molecule has 1 saturated carbocycles. The zero-order valence-corrected chi connectivity index (χ0v) is 15.4. The lowest BCUT2D eigenvalue weighted by molar-refractivity contribution is -0.128. The molecule has 0 spiro atoms. The molecule has 4 unspecified atom stereocenters. The smallest absolute Gasteiger partial charge is 0.244 e. The summed E-state index contributed by atoms with van der Waals surface area (Å²) in [5, 5.41) is 6.00. The van der Waals surface area contributed by atoms with Crippen LogP contribution in [0.5, 0.6) is 0 Å². The van der Waals surface area contributed by atoms with Crippen molar-refractivity contribution in [3.05, 3.63) is 12.7 Å². The van der Waals surface area contributed by atoms with Crippen LogP contribution in [0.15, 0.2) is 12.7 Å². The molecule has 0 aromatic heterocycles. The van der Waals surface area contributed by atoms with E-state index in [-0.39, 0.29) is 17.9 Å². The summed E-state index contributed by atoms with van der Waals surface area (Å²) in [4.78, 5) is 24.3. The molecule has 4 nitrogen and oxygen atoms in total. The standard InChI is InChI=1S/C19H34N2O2/c1-7-18(22)20-17(10-12(2)3)19(23)21-16-11-14(6)8-9-15(16)13(4)5/h7,12-17H,1,8-11H2,2-6H3,(H,20,22)(H,21,23). The van der Waals surface area contributed by atoms with Crippen molar-refractivity contribution >= 4 is 11.8 Å². The van der Waals surface area contributed by atoms with Crippen LogP contribution in [-0.4, -0.2) is 23.9 Å². The maximum absolute atomic E-state index is 12.7. The molecule has 0 aromatic carbocycles. The minimum absolute atomic E-state index is 0.0568. The maximum Gasteiger partial charge on any atom is 0.244 e. The average molecular weight is 322 g/mol. The first-order chi connectivity index (χ1) is 10.7. The number of rotatable bonds is 7. The third-order valence-corrected chi connectivity index (χ3v) is 4.88. The fraction of sp³-hybridized carbons (Fsp3) is 0.789. The van der Waals surface area contributed by atoms with Gasteiger partial charge in [0, 0.05) is 6.04 Å². The van der Waals surface area contributed by atoms with Gasteiger partial charge in [0.25, 0.3) is 0 Å². The molecule has 0 aromatic rings. The predicted octanol–water partition coefficient (Wildman–Crippen LogP) is 3.28. The summed E-state index contributed by atoms with van der Waals surface area (Å²) in [5.74, 6) is 1.70. The largest absolute Gasteiger partial charge is 0.351 e. The van der Waals surface area contributed by atoms with E-state index in [1.165, 1.54) is 12.5 Å². The van der Waals surface area contributed by atoms with E-state index < -0.39 is 6.04 Å². The Labute approximate surface area is 141 Å². The molecule has 23 heavy (non-hydrogen) atoms. The Hall–Kier alpha value is -1.32. The summed E-state index contributed by atoms with van der Waals surface area (Å²) in [6.07, 6.45) is 5.29. The molecule has 4 atom stereocenters. The molecule has 4 heteroatoms. The van der Waals surface area contributed by atoms with E-state index >= 15 is 0 Å². The van der Waals surface area contributed by atoms with E-state index in [9.17, 15) is 9.59 Å². The fourth-order valence-electron chi connectivity index (χ4n) is 3.59. The SMILES string of the molecule is C=CC(=O)NC(CC(C)C)C(=O)NC1CC(C)CCC1C(C)C. The van der Waals surface area contributed by atoms with Crippen LogP contribution in [0.4, 0.5) is 0 Å². The van der Waals surface area contributed by atoms with Gasteiger partial charge in [0.15, 0.2) is 0 Å². The molecule has 1 aliphatic carbocycles. The summed E-state index contributed by atoms with van der Waals surface area (Å²) in [6.45, 7) is 14.3. The summed E-state index contributed by atoms with van der Waals surface area (Å²) in [5.41, 5.74) is 0. The molecule has 0 saturated heterocycles. The van der Waals surface area contributed by atoms with Crippen molar-refractivity contribution in [2.75, 3.05) is 0 Å². The summed E-state index contributed by atoms with van der Waals surface area (Å²) in [6, 6.07) is -0.271. The van der Waals surface area contributed by atoms with Gasteiger partial charge in [-0.1, -0.05) is 47.6 Å². The molecule has 0 bridgehead atoms. The number of amides is 2. The van der Waals surface area contributed by atoms with Gasteiger partial charge >= 0.3 is 0 Å². The van der Waals surface area contributed by atoms with Crippen LogP contribution in [0.3, 0.4) is 0 Å². The van der Waals surface area contributed by atoms with E-state index in [4.69, 9.17) is 0 Å². The maximum atomic E-state index is 12.7. The quantitative estimate of drug-likeness (QED) is 0.707. The first kappa shape index (κ1) is 19.7. The predicted molar refractivity (Wildman–Crippen MR) is 94.9 cm³/mol. The minimum Gasteiger partial charge on any atom is -0.351 e. The molecule has 2 amide bonds. The van der Waals surface area contributed by atoms with Crippen molar-refractivity contribution in [2.45, 2.75) is 72.4 Å². The van der Waals surface area contributed by atoms with Crippen LogP contribution < -0.4 is 10.6 Å². The van der Waals surface area contributed by atoms with Crippen molar-refractivity contribution in [1.29, 1.82) is 0 Å². The van der Waals surface area contributed by atoms with Crippen LogP contribution in [0.2, 0.25) is 0 Å². The normalized spacial score (nSPS) is 26.0. The molecular formula is C19H34N2O2. The molecule has 0 radical (unpaired) electrons. The van der Waals surface area contributed by atoms with Crippen LogP contribution in [0, 0.1) is 23.7 Å². The minimum atomic E-state index is -0.481. The Morgan fingerprint density at radius 1 is 1.22 bits per heavy atom. The lowest BCUT2D eigenvalue weighted by atomic mass is 9.74. The molecule has 1 fully saturated rings. The number of hydrogen-bond donors (Lipinski definition) is 2. The number of hydrogen-bond acceptors (Lipinski definition) is 2. The Morgan fingerprint density at radius 3 is 2.39 bits per heavy atom. The third kappa shape index (κ3) is 6.36. The van der Waals surface area contributed by atoms with Gasteiger partial charge in [0.05, 0.1) is 0 Å². The van der Waals surface area contributed by atoms with Gasteiger partial charge in [0.2, 0.25) is 11.8 Å². The highest BCUT2D eigenvalue weighted by atomic mass is 16.2. The van der Waals surface area contributed by atoms with Crippen LogP contribution >= 0.6 is 0 Å². The van der Waals surface area contributed by atoms with Crippen molar-refractivity contribution in [3.8, 4) is 0 Å². The second-order valence-electron chi connectivity index (χ2n) is 7.84. The van der Waals surface area contributed by atoms with Crippen molar-refractivity contribution in [3.63, 3.8) is 0 Å². The van der Waals surface area contributed by atoms with Gasteiger partial charge in [-0.05, 0) is 49.0 Å². The lowest BCUT2D eigenvalue weighted by Crippen LogP contribution is -2.53. The van der Waals surface area contributed by atoms with Crippen LogP contribution in [0.1, 0.15) is 60.3 Å². The fourth-order valence-corrected chi connectivity index (χ4v) is 3.59. The van der Waals surface area contributed by atoms with E-state index in [1.54, 1.807) is 0 Å². The van der Waals surface area contributed by atoms with Crippen LogP contribution in [0.25, 0.3) is 0 Å². The van der Waals surface area contributed by atoms with Crippen molar-refractivity contribution in [1.82, 2.24) is 10.6 Å². The number of nitrogens with one attached hydrogen (secondary N) is 2. The van der Waals surface area contributed by atoms with E-state index in [0.717, 1.165) is 12.8 Å². The second-order valence-corrected chi connectivity index (χ2v) is 7.84. The van der Waals surface area contributed by atoms with Crippen LogP contribution in [-0.2, 0) is 9.59 Å². The molecule has 132 valence electrons. The third-order valence-electron chi connectivity index (χ3n) is 4.88. The van der Waals surface area contributed by atoms with Crippen molar-refractivity contribution in [2.24, 2.45) is 23.7 Å². The Balaban J connectivity index is 2.77. The number of carbonyl (C=O) groups excluding carboxylic acids is 2. The Bertz CT molecular complexity index is 418. The molecule has 1 rings (SSSR count). The molecule has 0 heterocycles. The highest BCUT2D eigenvalue weighted by molar-refractivity contribution is 5.92. The van der Waals surface area contributed by atoms with Gasteiger partial charge in [0.1, 0.15) is 6.04 Å². The summed E-state index contributed by atoms with van der Waals surface area (Å²) in [7, 11) is 0. The first-order valence-electron chi connectivity index (χ1n) is 8.97. The Morgan fingerprint density at radius 2 is 1.87 bits per heavy atom. The van der Waals surface area contributed by atoms with Gasteiger partial charge in [-0.2, -0.15) is 0 Å². The van der Waals surface area contributed by atoms with Gasteiger partial charge in [-0.15, -0.1) is 0 Å². The average Bonchev–Trinajstić information content (AvgIpc) is 2.45. The van der Waals surface area contributed by atoms with Gasteiger partial charge in [-0.3, -0.25) is 9.59 Å². The highest BCUT2D eigenvalue weighted by Crippen LogP contribution is 2.33. The summed E-state index contributed by atoms with van der Waals surface area (Å²) < 4.78 is 0. The van der Waals surface area contributed by atoms with Gasteiger partial charge in [-0.25, -0.2) is 0 Å². The lowest BCUT2D eigenvalue weighted by Gasteiger charge is -2.38. The monoisotopic (exact) mass is 322 g/mol. The highest BCUT2D eigenvalue weighted by Gasteiger charge is 2.33. The van der Waals surface area contributed by atoms with Crippen molar-refractivity contribution < 1.29 is 9.59 Å². The second kappa shape index (κ2) is 9.09. The topological polar surface area (TPSA) is 58.2 Å². The summed E-state index contributed by atoms with van der Waals surface area (Å²) >= 11 is 0. The Kier molecular flexibility index (Phi) is 7.80. The number of carbonyl (C=O) groups is 2. The van der Waals surface area contributed by atoms with E-state index in [1.807, 2.05) is 0 Å². The zero-order valence-electron chi connectivity index (χ0n) is 15.4. The van der Waals surface area contributed by atoms with E-state index in [2.05, 4.69) is 51.8 Å². The molecule has 0 aliphatic heterocycles. The van der Waals surface area contributed by atoms with E-state index in [0.29, 0.717) is 30.1 Å².